The van der Waals surface area contributed by atoms with E-state index >= 15 is 0 Å². The molecule has 21 heavy (non-hydrogen) atoms. The van der Waals surface area contributed by atoms with Crippen LogP contribution in [0.15, 0.2) is 36.4 Å². The molecule has 0 aromatic heterocycles. The lowest BCUT2D eigenvalue weighted by Crippen LogP contribution is -2.07. The fourth-order valence-corrected chi connectivity index (χ4v) is 2.08. The Balaban J connectivity index is 2.10. The number of Topliss-reactive ketones (excluding diaryl/α,β-unsaturated/α-hetero) is 1. The van der Waals surface area contributed by atoms with Gasteiger partial charge in [-0.25, -0.2) is 0 Å². The first-order valence-corrected chi connectivity index (χ1v) is 6.38. The lowest BCUT2D eigenvalue weighted by Gasteiger charge is -2.08. The largest absolute Gasteiger partial charge is 0.508 e. The van der Waals surface area contributed by atoms with E-state index in [2.05, 4.69) is 0 Å². The van der Waals surface area contributed by atoms with Crippen LogP contribution in [0, 0.1) is 0 Å². The minimum atomic E-state index is -0.184. The van der Waals surface area contributed by atoms with Crippen molar-refractivity contribution < 1.29 is 24.9 Å². The molecular weight excluding hydrogens is 272 g/mol. The highest BCUT2D eigenvalue weighted by Crippen LogP contribution is 2.29. The summed E-state index contributed by atoms with van der Waals surface area (Å²) in [5.74, 6) is -0.101. The van der Waals surface area contributed by atoms with E-state index in [0.717, 1.165) is 0 Å². The van der Waals surface area contributed by atoms with Gasteiger partial charge in [0.2, 0.25) is 0 Å². The van der Waals surface area contributed by atoms with E-state index in [1.54, 1.807) is 12.1 Å². The molecule has 0 saturated heterocycles. The Kier molecular flexibility index (Phi) is 4.33. The molecule has 0 aliphatic carbocycles. The summed E-state index contributed by atoms with van der Waals surface area (Å²) in [5, 5.41) is 29.0. The van der Waals surface area contributed by atoms with Gasteiger partial charge in [0.25, 0.3) is 0 Å². The number of phenols is 3. The zero-order chi connectivity index (χ0) is 15.4. The Labute approximate surface area is 122 Å². The average Bonchev–Trinajstić information content (AvgIpc) is 2.43. The number of phenolic OH excluding ortho intramolecular Hbond substituents is 3. The predicted molar refractivity (Wildman–Crippen MR) is 76.8 cm³/mol. The van der Waals surface area contributed by atoms with Crippen LogP contribution >= 0.6 is 0 Å². The number of aromatic hydroxyl groups is 3. The molecule has 0 aliphatic heterocycles. The number of carbonyl (C=O) groups excluding carboxylic acids is 1. The summed E-state index contributed by atoms with van der Waals surface area (Å²) in [6.07, 6.45) is 0.0105. The van der Waals surface area contributed by atoms with Crippen LogP contribution in [-0.2, 0) is 17.6 Å². The van der Waals surface area contributed by atoms with Gasteiger partial charge in [-0.2, -0.15) is 0 Å². The van der Waals surface area contributed by atoms with Crippen molar-refractivity contribution in [3.63, 3.8) is 0 Å². The molecule has 0 amide bonds. The molecule has 5 heteroatoms. The van der Waals surface area contributed by atoms with Crippen LogP contribution < -0.4 is 4.74 Å². The molecule has 0 atom stereocenters. The van der Waals surface area contributed by atoms with Crippen molar-refractivity contribution in [3.8, 4) is 23.0 Å². The highest BCUT2D eigenvalue weighted by atomic mass is 16.5. The second-order valence-corrected chi connectivity index (χ2v) is 4.67. The fourth-order valence-electron chi connectivity index (χ4n) is 2.08. The van der Waals surface area contributed by atoms with Gasteiger partial charge >= 0.3 is 0 Å². The van der Waals surface area contributed by atoms with Crippen molar-refractivity contribution in [1.29, 1.82) is 0 Å². The molecule has 2 aromatic carbocycles. The number of methoxy groups -OCH3 is 1. The summed E-state index contributed by atoms with van der Waals surface area (Å²) in [6.45, 7) is 0. The third kappa shape index (κ3) is 3.45. The molecule has 3 N–H and O–H groups in total. The first-order chi connectivity index (χ1) is 10.0. The Hall–Kier alpha value is -2.69. The van der Waals surface area contributed by atoms with Crippen molar-refractivity contribution in [2.75, 3.05) is 7.11 Å². The van der Waals surface area contributed by atoms with E-state index in [1.165, 1.54) is 31.4 Å². The molecule has 0 saturated carbocycles. The number of rotatable bonds is 5. The molecule has 0 bridgehead atoms. The maximum Gasteiger partial charge on any atom is 0.160 e. The Morgan fingerprint density at radius 3 is 2.24 bits per heavy atom. The minimum absolute atomic E-state index is 0.0341. The topological polar surface area (TPSA) is 87.0 Å². The summed E-state index contributed by atoms with van der Waals surface area (Å²) in [6, 6.07) is 9.06. The highest BCUT2D eigenvalue weighted by Gasteiger charge is 2.13. The number of ether oxygens (including phenoxy) is 1. The van der Waals surface area contributed by atoms with Gasteiger partial charge in [-0.15, -0.1) is 0 Å². The monoisotopic (exact) mass is 288 g/mol. The summed E-state index contributed by atoms with van der Waals surface area (Å²) < 4.78 is 4.93. The van der Waals surface area contributed by atoms with Gasteiger partial charge in [-0.05, 0) is 29.8 Å². The predicted octanol–water partition coefficient (Wildman–Crippen LogP) is 2.17. The summed E-state index contributed by atoms with van der Waals surface area (Å²) in [4.78, 5) is 12.0. The van der Waals surface area contributed by atoms with E-state index in [1.807, 2.05) is 0 Å². The van der Waals surface area contributed by atoms with Gasteiger partial charge in [0.05, 0.1) is 7.11 Å². The number of benzene rings is 2. The molecule has 0 aliphatic rings. The fraction of sp³-hybridized carbons (Fsp3) is 0.188. The van der Waals surface area contributed by atoms with Crippen LogP contribution in [0.3, 0.4) is 0 Å². The molecule has 110 valence electrons. The molecule has 0 radical (unpaired) electrons. The van der Waals surface area contributed by atoms with Crippen LogP contribution in [0.1, 0.15) is 11.1 Å². The first-order valence-electron chi connectivity index (χ1n) is 6.38. The summed E-state index contributed by atoms with van der Waals surface area (Å²) in [7, 11) is 1.45. The van der Waals surface area contributed by atoms with Gasteiger partial charge < -0.3 is 20.1 Å². The van der Waals surface area contributed by atoms with E-state index < -0.39 is 0 Å². The van der Waals surface area contributed by atoms with Crippen LogP contribution in [0.4, 0.5) is 0 Å². The van der Waals surface area contributed by atoms with Crippen LogP contribution in [0.2, 0.25) is 0 Å². The zero-order valence-corrected chi connectivity index (χ0v) is 11.5. The van der Waals surface area contributed by atoms with Gasteiger partial charge in [-0.3, -0.25) is 4.79 Å². The number of hydrogen-bond acceptors (Lipinski definition) is 5. The van der Waals surface area contributed by atoms with Crippen LogP contribution in [-0.4, -0.2) is 28.2 Å². The third-order valence-electron chi connectivity index (χ3n) is 3.15. The van der Waals surface area contributed by atoms with Gasteiger partial charge in [-0.1, -0.05) is 12.1 Å². The molecule has 0 unspecified atom stereocenters. The Bertz CT molecular complexity index is 643. The SMILES string of the molecule is COc1ccc(CC(=O)Cc2c(O)cccc2O)cc1O. The number of ketones is 1. The molecule has 0 fully saturated rings. The Morgan fingerprint density at radius 2 is 1.67 bits per heavy atom. The van der Waals surface area contributed by atoms with Crippen molar-refractivity contribution in [2.45, 2.75) is 12.8 Å². The molecule has 2 rings (SSSR count). The smallest absolute Gasteiger partial charge is 0.160 e. The molecule has 5 nitrogen and oxygen atoms in total. The van der Waals surface area contributed by atoms with Crippen molar-refractivity contribution >= 4 is 5.78 Å². The van der Waals surface area contributed by atoms with Gasteiger partial charge in [0, 0.05) is 18.4 Å². The van der Waals surface area contributed by atoms with Crippen LogP contribution in [0.5, 0.6) is 23.0 Å². The maximum absolute atomic E-state index is 12.0. The summed E-state index contributed by atoms with van der Waals surface area (Å²) >= 11 is 0. The second-order valence-electron chi connectivity index (χ2n) is 4.67. The van der Waals surface area contributed by atoms with Crippen molar-refractivity contribution in [2.24, 2.45) is 0 Å². The van der Waals surface area contributed by atoms with E-state index in [-0.39, 0.29) is 41.4 Å². The normalized spacial score (nSPS) is 10.3. The first kappa shape index (κ1) is 14.7. The van der Waals surface area contributed by atoms with E-state index in [4.69, 9.17) is 4.74 Å². The third-order valence-corrected chi connectivity index (χ3v) is 3.15. The lowest BCUT2D eigenvalue weighted by molar-refractivity contribution is -0.117. The minimum Gasteiger partial charge on any atom is -0.508 e. The Morgan fingerprint density at radius 1 is 1.00 bits per heavy atom. The highest BCUT2D eigenvalue weighted by molar-refractivity contribution is 5.84. The lowest BCUT2D eigenvalue weighted by atomic mass is 10.0. The summed E-state index contributed by atoms with van der Waals surface area (Å²) in [5.41, 5.74) is 0.841. The van der Waals surface area contributed by atoms with Gasteiger partial charge in [0.1, 0.15) is 17.3 Å². The van der Waals surface area contributed by atoms with Crippen LogP contribution in [0.25, 0.3) is 0 Å². The van der Waals surface area contributed by atoms with Crippen molar-refractivity contribution in [1.82, 2.24) is 0 Å². The van der Waals surface area contributed by atoms with Gasteiger partial charge in [0.15, 0.2) is 11.5 Å². The second kappa shape index (κ2) is 6.17. The maximum atomic E-state index is 12.0. The quantitative estimate of drug-likeness (QED) is 0.785. The molecule has 0 heterocycles. The van der Waals surface area contributed by atoms with Crippen molar-refractivity contribution in [3.05, 3.63) is 47.5 Å². The van der Waals surface area contributed by atoms with E-state index in [0.29, 0.717) is 11.3 Å². The average molecular weight is 288 g/mol. The zero-order valence-electron chi connectivity index (χ0n) is 11.5. The molecule has 2 aromatic rings. The standard InChI is InChI=1S/C16H16O5/c1-21-16-6-5-10(8-15(16)20)7-11(17)9-12-13(18)3-2-4-14(12)19/h2-6,8,18-20H,7,9H2,1H3. The molecule has 0 spiro atoms. The number of carbonyl (C=O) groups is 1. The molecular formula is C16H16O5. The van der Waals surface area contributed by atoms with E-state index in [9.17, 15) is 20.1 Å². The number of hydrogen-bond donors (Lipinski definition) is 3.